The van der Waals surface area contributed by atoms with E-state index in [1.165, 1.54) is 9.80 Å². The number of carbonyl (C=O) groups excluding carboxylic acids is 2. The summed E-state index contributed by atoms with van der Waals surface area (Å²) >= 11 is 0. The fourth-order valence-corrected chi connectivity index (χ4v) is 6.57. The molecule has 3 saturated heterocycles. The number of ether oxygens (including phenoxy) is 3. The normalized spacial score (nSPS) is 25.0. The SMILES string of the molecule is CC(C)(C)OC(=O)N1CC2(C1)OCC1(C(=O)O)CN(C(=O)OCC3c4ccccc4-c4ccccc43)CC21. The van der Waals surface area contributed by atoms with E-state index in [0.717, 1.165) is 22.3 Å². The summed E-state index contributed by atoms with van der Waals surface area (Å²) in [5.41, 5.74) is 1.85. The summed E-state index contributed by atoms with van der Waals surface area (Å²) in [7, 11) is 0. The largest absolute Gasteiger partial charge is 0.481 e. The maximum Gasteiger partial charge on any atom is 0.410 e. The van der Waals surface area contributed by atoms with Gasteiger partial charge in [-0.3, -0.25) is 4.79 Å². The molecule has 6 rings (SSSR count). The minimum absolute atomic E-state index is 0.0116. The van der Waals surface area contributed by atoms with Crippen molar-refractivity contribution >= 4 is 18.2 Å². The number of hydrogen-bond acceptors (Lipinski definition) is 6. The molecule has 3 fully saturated rings. The first kappa shape index (κ1) is 24.7. The fraction of sp³-hybridized carbons (Fsp3) is 0.483. The van der Waals surface area contributed by atoms with Crippen LogP contribution in [0.4, 0.5) is 9.59 Å². The Labute approximate surface area is 221 Å². The summed E-state index contributed by atoms with van der Waals surface area (Å²) in [4.78, 5) is 41.2. The molecule has 200 valence electrons. The number of carbonyl (C=O) groups is 3. The smallest absolute Gasteiger partial charge is 0.410 e. The molecule has 4 aliphatic rings. The lowest BCUT2D eigenvalue weighted by Gasteiger charge is -2.50. The number of hydrogen-bond donors (Lipinski definition) is 1. The van der Waals surface area contributed by atoms with Crippen LogP contribution in [0.15, 0.2) is 48.5 Å². The monoisotopic (exact) mass is 520 g/mol. The molecule has 2 aromatic rings. The number of likely N-dealkylation sites (tertiary alicyclic amines) is 2. The molecule has 2 amide bonds. The first-order valence-electron chi connectivity index (χ1n) is 13.0. The van der Waals surface area contributed by atoms with Gasteiger partial charge in [0.25, 0.3) is 0 Å². The van der Waals surface area contributed by atoms with Crippen molar-refractivity contribution in [1.82, 2.24) is 9.80 Å². The van der Waals surface area contributed by atoms with Crippen molar-refractivity contribution in [3.8, 4) is 11.1 Å². The third-order valence-corrected chi connectivity index (χ3v) is 8.38. The van der Waals surface area contributed by atoms with E-state index in [9.17, 15) is 19.5 Å². The highest BCUT2D eigenvalue weighted by Crippen LogP contribution is 2.54. The van der Waals surface area contributed by atoms with Gasteiger partial charge < -0.3 is 29.1 Å². The van der Waals surface area contributed by atoms with Crippen LogP contribution in [0.2, 0.25) is 0 Å². The summed E-state index contributed by atoms with van der Waals surface area (Å²) in [6.07, 6.45) is -0.980. The second-order valence-corrected chi connectivity index (χ2v) is 11.9. The van der Waals surface area contributed by atoms with Crippen LogP contribution in [0.3, 0.4) is 0 Å². The van der Waals surface area contributed by atoms with E-state index in [1.807, 2.05) is 24.3 Å². The van der Waals surface area contributed by atoms with Crippen LogP contribution >= 0.6 is 0 Å². The molecule has 0 radical (unpaired) electrons. The van der Waals surface area contributed by atoms with Gasteiger partial charge in [0.15, 0.2) is 0 Å². The predicted octanol–water partition coefficient (Wildman–Crippen LogP) is 3.96. The molecule has 1 N–H and O–H groups in total. The molecule has 0 bridgehead atoms. The minimum atomic E-state index is -1.23. The van der Waals surface area contributed by atoms with Crippen molar-refractivity contribution in [2.45, 2.75) is 37.9 Å². The summed E-state index contributed by atoms with van der Waals surface area (Å²) in [6.45, 7) is 6.23. The molecule has 0 saturated carbocycles. The number of amides is 2. The van der Waals surface area contributed by atoms with Crippen LogP contribution in [-0.4, -0.2) is 83.7 Å². The Morgan fingerprint density at radius 3 is 2.13 bits per heavy atom. The molecule has 38 heavy (non-hydrogen) atoms. The van der Waals surface area contributed by atoms with Crippen molar-refractivity contribution in [3.63, 3.8) is 0 Å². The summed E-state index contributed by atoms with van der Waals surface area (Å²) < 4.78 is 17.3. The molecule has 2 aromatic carbocycles. The molecular formula is C29H32N2O7. The standard InChI is InChI=1S/C29H32N2O7/c1-27(2,3)38-26(35)31-15-29(16-31)23-12-30(14-28(23,17-37-29)24(32)33)25(34)36-13-22-20-10-6-4-8-18(20)19-9-5-7-11-21(19)22/h4-11,22-23H,12-17H2,1-3H3,(H,32,33). The van der Waals surface area contributed by atoms with Crippen LogP contribution in [0.25, 0.3) is 11.1 Å². The first-order valence-corrected chi connectivity index (χ1v) is 13.0. The zero-order chi connectivity index (χ0) is 26.9. The van der Waals surface area contributed by atoms with Gasteiger partial charge in [-0.15, -0.1) is 0 Å². The molecule has 1 aliphatic carbocycles. The third-order valence-electron chi connectivity index (χ3n) is 8.38. The van der Waals surface area contributed by atoms with E-state index < -0.39 is 40.7 Å². The van der Waals surface area contributed by atoms with Gasteiger partial charge in [0.1, 0.15) is 23.2 Å². The van der Waals surface area contributed by atoms with Gasteiger partial charge in [-0.1, -0.05) is 48.5 Å². The summed E-state index contributed by atoms with van der Waals surface area (Å²) in [5.74, 6) is -1.53. The van der Waals surface area contributed by atoms with Crippen molar-refractivity contribution in [2.75, 3.05) is 39.4 Å². The van der Waals surface area contributed by atoms with Crippen molar-refractivity contribution in [3.05, 3.63) is 59.7 Å². The van der Waals surface area contributed by atoms with Gasteiger partial charge in [0.2, 0.25) is 0 Å². The summed E-state index contributed by atoms with van der Waals surface area (Å²) in [6, 6.07) is 16.2. The highest BCUT2D eigenvalue weighted by Gasteiger charge is 2.70. The molecule has 0 aromatic heterocycles. The summed E-state index contributed by atoms with van der Waals surface area (Å²) in [5, 5.41) is 10.2. The Morgan fingerprint density at radius 1 is 0.947 bits per heavy atom. The average Bonchev–Trinajstić information content (AvgIpc) is 3.48. The lowest BCUT2D eigenvalue weighted by Crippen LogP contribution is -2.68. The number of nitrogens with zero attached hydrogens (tertiary/aromatic N) is 2. The van der Waals surface area contributed by atoms with E-state index in [1.54, 1.807) is 20.8 Å². The third kappa shape index (κ3) is 3.74. The van der Waals surface area contributed by atoms with Crippen LogP contribution in [0.1, 0.15) is 37.8 Å². The maximum absolute atomic E-state index is 13.3. The van der Waals surface area contributed by atoms with Gasteiger partial charge >= 0.3 is 18.2 Å². The highest BCUT2D eigenvalue weighted by molar-refractivity contribution is 5.81. The Bertz CT molecular complexity index is 1270. The molecule has 9 heteroatoms. The van der Waals surface area contributed by atoms with E-state index in [4.69, 9.17) is 14.2 Å². The molecular weight excluding hydrogens is 488 g/mol. The molecule has 2 atom stereocenters. The Hall–Kier alpha value is -3.59. The van der Waals surface area contributed by atoms with E-state index >= 15 is 0 Å². The predicted molar refractivity (Wildman–Crippen MR) is 137 cm³/mol. The molecule has 3 heterocycles. The van der Waals surface area contributed by atoms with Crippen LogP contribution in [0, 0.1) is 11.3 Å². The Balaban J connectivity index is 1.15. The van der Waals surface area contributed by atoms with E-state index in [0.29, 0.717) is 0 Å². The molecule has 1 spiro atoms. The van der Waals surface area contributed by atoms with Crippen LogP contribution in [0.5, 0.6) is 0 Å². The van der Waals surface area contributed by atoms with Gasteiger partial charge in [-0.2, -0.15) is 0 Å². The van der Waals surface area contributed by atoms with Crippen molar-refractivity contribution in [1.29, 1.82) is 0 Å². The van der Waals surface area contributed by atoms with E-state index in [2.05, 4.69) is 24.3 Å². The first-order chi connectivity index (χ1) is 18.0. The van der Waals surface area contributed by atoms with Crippen LogP contribution < -0.4 is 0 Å². The number of benzene rings is 2. The number of carboxylic acid groups (broad SMARTS) is 1. The van der Waals surface area contributed by atoms with Gasteiger partial charge in [-0.05, 0) is 43.0 Å². The minimum Gasteiger partial charge on any atom is -0.481 e. The fourth-order valence-electron chi connectivity index (χ4n) is 6.57. The Morgan fingerprint density at radius 2 is 1.55 bits per heavy atom. The lowest BCUT2D eigenvalue weighted by molar-refractivity contribution is -0.149. The zero-order valence-corrected chi connectivity index (χ0v) is 21.8. The van der Waals surface area contributed by atoms with Crippen molar-refractivity contribution < 1.29 is 33.7 Å². The van der Waals surface area contributed by atoms with E-state index in [-0.39, 0.29) is 45.3 Å². The maximum atomic E-state index is 13.3. The average molecular weight is 521 g/mol. The zero-order valence-electron chi connectivity index (χ0n) is 21.8. The van der Waals surface area contributed by atoms with Gasteiger partial charge in [0, 0.05) is 24.9 Å². The molecule has 2 unspecified atom stereocenters. The number of carboxylic acids is 1. The quantitative estimate of drug-likeness (QED) is 0.653. The lowest BCUT2D eigenvalue weighted by atomic mass is 9.69. The number of rotatable bonds is 3. The molecule has 3 aliphatic heterocycles. The second-order valence-electron chi connectivity index (χ2n) is 11.9. The number of aliphatic carboxylic acids is 1. The molecule has 9 nitrogen and oxygen atoms in total. The van der Waals surface area contributed by atoms with Gasteiger partial charge in [-0.25, -0.2) is 9.59 Å². The van der Waals surface area contributed by atoms with Crippen molar-refractivity contribution in [2.24, 2.45) is 11.3 Å². The highest BCUT2D eigenvalue weighted by atomic mass is 16.6. The number of fused-ring (bicyclic) bond motifs is 5. The topological polar surface area (TPSA) is 106 Å². The van der Waals surface area contributed by atoms with Gasteiger partial charge in [0.05, 0.1) is 19.7 Å². The van der Waals surface area contributed by atoms with Crippen LogP contribution in [-0.2, 0) is 19.0 Å². The Kier molecular flexibility index (Phi) is 5.51. The second kappa shape index (κ2) is 8.46.